The highest BCUT2D eigenvalue weighted by Crippen LogP contribution is 2.28. The lowest BCUT2D eigenvalue weighted by molar-refractivity contribution is 0.357. The smallest absolute Gasteiger partial charge is 0.256 e. The van der Waals surface area contributed by atoms with Crippen LogP contribution in [0.4, 0.5) is 11.6 Å². The summed E-state index contributed by atoms with van der Waals surface area (Å²) in [6.07, 6.45) is 8.13. The van der Waals surface area contributed by atoms with Crippen LogP contribution in [0.1, 0.15) is 43.2 Å². The molecule has 0 saturated heterocycles. The van der Waals surface area contributed by atoms with Gasteiger partial charge in [0, 0.05) is 19.2 Å². The lowest BCUT2D eigenvalue weighted by Crippen LogP contribution is -2.31. The normalized spacial score (nSPS) is 14.9. The molecule has 2 N–H and O–H groups in total. The number of furan rings is 1. The van der Waals surface area contributed by atoms with Gasteiger partial charge in [0.15, 0.2) is 5.76 Å². The first-order valence-electron chi connectivity index (χ1n) is 11.0. The Labute approximate surface area is 181 Å². The van der Waals surface area contributed by atoms with Gasteiger partial charge in [0.25, 0.3) is 5.78 Å². The van der Waals surface area contributed by atoms with Crippen LogP contribution in [0.2, 0.25) is 0 Å². The Bertz CT molecular complexity index is 1160. The first-order chi connectivity index (χ1) is 15.2. The van der Waals surface area contributed by atoms with Crippen molar-refractivity contribution in [2.75, 3.05) is 17.2 Å². The molecule has 160 valence electrons. The molecule has 0 spiro atoms. The van der Waals surface area contributed by atoms with E-state index in [0.29, 0.717) is 29.1 Å². The Morgan fingerprint density at radius 2 is 1.97 bits per heavy atom. The first kappa shape index (κ1) is 19.6. The maximum atomic E-state index is 6.38. The van der Waals surface area contributed by atoms with E-state index >= 15 is 0 Å². The zero-order valence-electron chi connectivity index (χ0n) is 17.9. The molecule has 1 aliphatic rings. The van der Waals surface area contributed by atoms with Gasteiger partial charge in [-0.25, -0.2) is 0 Å². The number of nitrogens with zero attached hydrogens (tertiary/aromatic N) is 5. The summed E-state index contributed by atoms with van der Waals surface area (Å²) < 4.78 is 7.02. The number of nitrogens with two attached hydrogens (primary N) is 1. The van der Waals surface area contributed by atoms with E-state index in [1.54, 1.807) is 10.8 Å². The van der Waals surface area contributed by atoms with Crippen LogP contribution in [0.25, 0.3) is 17.4 Å². The molecule has 1 aromatic carbocycles. The summed E-state index contributed by atoms with van der Waals surface area (Å²) >= 11 is 0. The van der Waals surface area contributed by atoms with Gasteiger partial charge in [0.05, 0.1) is 6.26 Å². The number of rotatable bonds is 6. The molecular weight excluding hydrogens is 388 g/mol. The van der Waals surface area contributed by atoms with Crippen LogP contribution >= 0.6 is 0 Å². The largest absolute Gasteiger partial charge is 0.461 e. The zero-order chi connectivity index (χ0) is 21.2. The van der Waals surface area contributed by atoms with Crippen molar-refractivity contribution >= 4 is 17.4 Å². The Kier molecular flexibility index (Phi) is 5.32. The van der Waals surface area contributed by atoms with Gasteiger partial charge in [0.2, 0.25) is 5.82 Å². The van der Waals surface area contributed by atoms with Crippen molar-refractivity contribution in [3.8, 4) is 11.6 Å². The number of anilines is 2. The third-order valence-electron chi connectivity index (χ3n) is 6.05. The maximum absolute atomic E-state index is 6.38. The van der Waals surface area contributed by atoms with Crippen LogP contribution in [-0.4, -0.2) is 26.1 Å². The molecule has 1 saturated carbocycles. The van der Waals surface area contributed by atoms with Gasteiger partial charge in [0.1, 0.15) is 11.6 Å². The molecule has 0 bridgehead atoms. The molecule has 0 aliphatic heterocycles. The van der Waals surface area contributed by atoms with E-state index in [1.165, 1.54) is 43.2 Å². The molecule has 7 heteroatoms. The fraction of sp³-hybridized carbons (Fsp3) is 0.375. The first-order valence-corrected chi connectivity index (χ1v) is 11.0. The quantitative estimate of drug-likeness (QED) is 0.483. The number of benzene rings is 1. The predicted molar refractivity (Wildman–Crippen MR) is 122 cm³/mol. The fourth-order valence-corrected chi connectivity index (χ4v) is 4.50. The Morgan fingerprint density at radius 1 is 1.10 bits per heavy atom. The fourth-order valence-electron chi connectivity index (χ4n) is 4.50. The van der Waals surface area contributed by atoms with E-state index < -0.39 is 0 Å². The van der Waals surface area contributed by atoms with E-state index in [9.17, 15) is 0 Å². The molecule has 5 rings (SSSR count). The Morgan fingerprint density at radius 3 is 2.74 bits per heavy atom. The average Bonchev–Trinajstić information content (AvgIpc) is 3.44. The number of aryl methyl sites for hydroxylation is 1. The van der Waals surface area contributed by atoms with Crippen LogP contribution in [0.15, 0.2) is 53.1 Å². The van der Waals surface area contributed by atoms with Crippen LogP contribution in [0.3, 0.4) is 0 Å². The van der Waals surface area contributed by atoms with Crippen LogP contribution in [-0.2, 0) is 6.54 Å². The van der Waals surface area contributed by atoms with Crippen molar-refractivity contribution in [1.82, 2.24) is 19.6 Å². The molecule has 4 aromatic rings. The molecule has 1 fully saturated rings. The summed E-state index contributed by atoms with van der Waals surface area (Å²) in [7, 11) is 0. The molecule has 0 radical (unpaired) electrons. The molecule has 7 nitrogen and oxygen atoms in total. The molecule has 3 aromatic heterocycles. The average molecular weight is 417 g/mol. The molecule has 31 heavy (non-hydrogen) atoms. The summed E-state index contributed by atoms with van der Waals surface area (Å²) in [5.41, 5.74) is 8.91. The van der Waals surface area contributed by atoms with Crippen molar-refractivity contribution in [3.05, 3.63) is 59.9 Å². The third-order valence-corrected chi connectivity index (χ3v) is 6.05. The summed E-state index contributed by atoms with van der Waals surface area (Å²) in [5, 5.41) is 4.47. The molecule has 0 amide bonds. The molecule has 0 atom stereocenters. The lowest BCUT2D eigenvalue weighted by atomic mass is 9.89. The minimum atomic E-state index is 0.485. The lowest BCUT2D eigenvalue weighted by Gasteiger charge is -2.31. The second-order valence-corrected chi connectivity index (χ2v) is 8.54. The van der Waals surface area contributed by atoms with E-state index in [4.69, 9.17) is 15.1 Å². The second-order valence-electron chi connectivity index (χ2n) is 8.54. The van der Waals surface area contributed by atoms with Gasteiger partial charge >= 0.3 is 0 Å². The maximum Gasteiger partial charge on any atom is 0.256 e. The van der Waals surface area contributed by atoms with Crippen molar-refractivity contribution in [3.63, 3.8) is 0 Å². The summed E-state index contributed by atoms with van der Waals surface area (Å²) in [6, 6.07) is 14.2. The molecule has 3 heterocycles. The molecular formula is C24H28N6O. The summed E-state index contributed by atoms with van der Waals surface area (Å²) in [6.45, 7) is 3.89. The van der Waals surface area contributed by atoms with Gasteiger partial charge in [-0.2, -0.15) is 14.5 Å². The second kappa shape index (κ2) is 8.41. The minimum absolute atomic E-state index is 0.485. The summed E-state index contributed by atoms with van der Waals surface area (Å²) in [4.78, 5) is 11.8. The Hall–Kier alpha value is -3.35. The highest BCUT2D eigenvalue weighted by Gasteiger charge is 2.21. The van der Waals surface area contributed by atoms with E-state index in [1.807, 2.05) is 18.2 Å². The molecule has 0 unspecified atom stereocenters. The Balaban J connectivity index is 1.50. The highest BCUT2D eigenvalue weighted by molar-refractivity contribution is 5.57. The predicted octanol–water partition coefficient (Wildman–Crippen LogP) is 4.86. The SMILES string of the molecule is Cc1cccc(CN(CC2CCCCC2)c2cc(N)n3nc(-c4ccco4)nc3n2)c1. The number of fused-ring (bicyclic) bond motifs is 1. The minimum Gasteiger partial charge on any atom is -0.461 e. The van der Waals surface area contributed by atoms with Crippen LogP contribution in [0, 0.1) is 12.8 Å². The van der Waals surface area contributed by atoms with E-state index in [-0.39, 0.29) is 0 Å². The topological polar surface area (TPSA) is 85.5 Å². The van der Waals surface area contributed by atoms with Crippen molar-refractivity contribution in [2.24, 2.45) is 5.92 Å². The molecule has 1 aliphatic carbocycles. The van der Waals surface area contributed by atoms with Crippen molar-refractivity contribution < 1.29 is 4.42 Å². The van der Waals surface area contributed by atoms with Crippen LogP contribution in [0.5, 0.6) is 0 Å². The van der Waals surface area contributed by atoms with Gasteiger partial charge in [-0.15, -0.1) is 5.10 Å². The van der Waals surface area contributed by atoms with Gasteiger partial charge in [-0.1, -0.05) is 49.1 Å². The standard InChI is InChI=1S/C24H28N6O/c1-17-7-5-10-19(13-17)16-29(15-18-8-3-2-4-9-18)22-14-21(25)30-24(26-22)27-23(28-30)20-11-6-12-31-20/h5-7,10-14,18H,2-4,8-9,15-16,25H2,1H3. The number of hydrogen-bond acceptors (Lipinski definition) is 6. The van der Waals surface area contributed by atoms with Gasteiger partial charge in [-0.3, -0.25) is 0 Å². The monoisotopic (exact) mass is 416 g/mol. The zero-order valence-corrected chi connectivity index (χ0v) is 17.9. The van der Waals surface area contributed by atoms with Crippen molar-refractivity contribution in [1.29, 1.82) is 0 Å². The number of aromatic nitrogens is 4. The number of nitrogen functional groups attached to an aromatic ring is 1. The number of hydrogen-bond donors (Lipinski definition) is 1. The van der Waals surface area contributed by atoms with Crippen LogP contribution < -0.4 is 10.6 Å². The summed E-state index contributed by atoms with van der Waals surface area (Å²) in [5.74, 6) is 3.61. The third kappa shape index (κ3) is 4.26. The highest BCUT2D eigenvalue weighted by atomic mass is 16.3. The van der Waals surface area contributed by atoms with E-state index in [0.717, 1.165) is 18.9 Å². The van der Waals surface area contributed by atoms with Gasteiger partial charge < -0.3 is 15.1 Å². The van der Waals surface area contributed by atoms with Gasteiger partial charge in [-0.05, 0) is 43.4 Å². The van der Waals surface area contributed by atoms with Crippen molar-refractivity contribution in [2.45, 2.75) is 45.6 Å². The van der Waals surface area contributed by atoms with E-state index in [2.05, 4.69) is 46.2 Å².